The third-order valence-electron chi connectivity index (χ3n) is 5.46. The molecule has 0 atom stereocenters. The number of carbonyl (C=O) groups excluding carboxylic acids is 2. The van der Waals surface area contributed by atoms with Crippen LogP contribution in [0.4, 0.5) is 4.39 Å². The Morgan fingerprint density at radius 3 is 2.34 bits per heavy atom. The van der Waals surface area contributed by atoms with Crippen molar-refractivity contribution in [2.75, 3.05) is 13.7 Å². The van der Waals surface area contributed by atoms with Gasteiger partial charge in [-0.25, -0.2) is 4.39 Å². The fourth-order valence-electron chi connectivity index (χ4n) is 3.53. The van der Waals surface area contributed by atoms with Crippen LogP contribution in [0.25, 0.3) is 0 Å². The summed E-state index contributed by atoms with van der Waals surface area (Å²) in [6, 6.07) is 16.5. The highest BCUT2D eigenvalue weighted by Gasteiger charge is 2.35. The number of benzene rings is 2. The highest BCUT2D eigenvalue weighted by Crippen LogP contribution is 2.29. The molecule has 1 aromatic heterocycles. The summed E-state index contributed by atoms with van der Waals surface area (Å²) < 4.78 is 23.9. The minimum Gasteiger partial charge on any atom is -0.497 e. The maximum absolute atomic E-state index is 13.3. The van der Waals surface area contributed by atoms with E-state index in [4.69, 9.17) is 9.15 Å². The van der Waals surface area contributed by atoms with Crippen LogP contribution in [0.1, 0.15) is 34.5 Å². The maximum atomic E-state index is 13.3. The van der Waals surface area contributed by atoms with Crippen molar-refractivity contribution in [1.82, 2.24) is 9.80 Å². The van der Waals surface area contributed by atoms with Gasteiger partial charge in [0.1, 0.15) is 23.9 Å². The van der Waals surface area contributed by atoms with Gasteiger partial charge in [-0.15, -0.1) is 0 Å². The van der Waals surface area contributed by atoms with E-state index in [0.29, 0.717) is 17.1 Å². The Morgan fingerprint density at radius 1 is 1.03 bits per heavy atom. The number of halogens is 1. The molecule has 0 unspecified atom stereocenters. The fraction of sp³-hybridized carbons (Fsp3) is 0.280. The average molecular weight is 436 g/mol. The third-order valence-corrected chi connectivity index (χ3v) is 5.46. The molecule has 0 radical (unpaired) electrons. The van der Waals surface area contributed by atoms with E-state index >= 15 is 0 Å². The van der Waals surface area contributed by atoms with Gasteiger partial charge in [0.15, 0.2) is 0 Å². The molecular formula is C25H25FN2O4. The molecule has 0 bridgehead atoms. The molecule has 166 valence electrons. The van der Waals surface area contributed by atoms with Gasteiger partial charge in [-0.2, -0.15) is 0 Å². The highest BCUT2D eigenvalue weighted by atomic mass is 19.1. The Hall–Kier alpha value is -3.61. The quantitative estimate of drug-likeness (QED) is 0.503. The number of hydrogen-bond acceptors (Lipinski definition) is 4. The summed E-state index contributed by atoms with van der Waals surface area (Å²) in [6.45, 7) is 0.519. The molecule has 32 heavy (non-hydrogen) atoms. The zero-order valence-electron chi connectivity index (χ0n) is 17.9. The molecule has 1 saturated carbocycles. The summed E-state index contributed by atoms with van der Waals surface area (Å²) in [5.41, 5.74) is 1.31. The summed E-state index contributed by atoms with van der Waals surface area (Å²) in [4.78, 5) is 29.7. The molecule has 0 spiro atoms. The molecule has 1 heterocycles. The maximum Gasteiger partial charge on any atom is 0.254 e. The number of carbonyl (C=O) groups is 2. The van der Waals surface area contributed by atoms with Crippen LogP contribution in [0.15, 0.2) is 71.3 Å². The highest BCUT2D eigenvalue weighted by molar-refractivity contribution is 5.97. The van der Waals surface area contributed by atoms with Crippen molar-refractivity contribution in [1.29, 1.82) is 0 Å². The van der Waals surface area contributed by atoms with E-state index in [1.807, 2.05) is 0 Å². The molecule has 1 fully saturated rings. The van der Waals surface area contributed by atoms with Crippen LogP contribution < -0.4 is 4.74 Å². The molecule has 2 aromatic carbocycles. The van der Waals surface area contributed by atoms with Crippen molar-refractivity contribution in [3.05, 3.63) is 89.6 Å². The van der Waals surface area contributed by atoms with E-state index in [0.717, 1.165) is 18.4 Å². The lowest BCUT2D eigenvalue weighted by molar-refractivity contribution is -0.133. The van der Waals surface area contributed by atoms with E-state index in [1.165, 1.54) is 12.1 Å². The van der Waals surface area contributed by atoms with Crippen molar-refractivity contribution >= 4 is 11.8 Å². The Bertz CT molecular complexity index is 1040. The van der Waals surface area contributed by atoms with Crippen molar-refractivity contribution in [3.8, 4) is 5.75 Å². The van der Waals surface area contributed by atoms with Crippen LogP contribution in [0, 0.1) is 5.82 Å². The van der Waals surface area contributed by atoms with Crippen LogP contribution in [-0.4, -0.2) is 41.3 Å². The van der Waals surface area contributed by atoms with Gasteiger partial charge >= 0.3 is 0 Å². The largest absolute Gasteiger partial charge is 0.497 e. The molecule has 0 saturated heterocycles. The van der Waals surface area contributed by atoms with E-state index in [-0.39, 0.29) is 43.3 Å². The van der Waals surface area contributed by atoms with E-state index < -0.39 is 0 Å². The van der Waals surface area contributed by atoms with Crippen molar-refractivity contribution in [3.63, 3.8) is 0 Å². The number of nitrogens with zero attached hydrogens (tertiary/aromatic N) is 2. The van der Waals surface area contributed by atoms with Crippen LogP contribution in [-0.2, 0) is 17.9 Å². The zero-order valence-corrected chi connectivity index (χ0v) is 17.9. The van der Waals surface area contributed by atoms with E-state index in [2.05, 4.69) is 0 Å². The molecule has 1 aliphatic carbocycles. The number of ether oxygens (including phenoxy) is 1. The Labute approximate surface area is 186 Å². The normalized spacial score (nSPS) is 12.9. The first-order valence-electron chi connectivity index (χ1n) is 10.5. The second-order valence-corrected chi connectivity index (χ2v) is 7.85. The van der Waals surface area contributed by atoms with Gasteiger partial charge < -0.3 is 19.0 Å². The Morgan fingerprint density at radius 2 is 1.75 bits per heavy atom. The van der Waals surface area contributed by atoms with Gasteiger partial charge in [-0.3, -0.25) is 9.59 Å². The first kappa shape index (κ1) is 21.6. The number of methoxy groups -OCH3 is 1. The van der Waals surface area contributed by atoms with Gasteiger partial charge in [0.05, 0.1) is 19.9 Å². The molecule has 3 aromatic rings. The van der Waals surface area contributed by atoms with Crippen LogP contribution >= 0.6 is 0 Å². The Balaban J connectivity index is 1.51. The second-order valence-electron chi connectivity index (χ2n) is 7.85. The first-order chi connectivity index (χ1) is 15.5. The number of hydrogen-bond donors (Lipinski definition) is 0. The van der Waals surface area contributed by atoms with E-state index in [9.17, 15) is 14.0 Å². The molecular weight excluding hydrogens is 411 g/mol. The molecule has 4 rings (SSSR count). The SMILES string of the molecule is COc1ccc(C(=O)N(CC(=O)N(Cc2ccc(F)cc2)Cc2ccco2)C2CC2)cc1. The molecule has 2 amide bonds. The smallest absolute Gasteiger partial charge is 0.254 e. The molecule has 7 heteroatoms. The summed E-state index contributed by atoms with van der Waals surface area (Å²) in [6.07, 6.45) is 3.32. The van der Waals surface area contributed by atoms with Gasteiger partial charge in [0.25, 0.3) is 5.91 Å². The molecule has 6 nitrogen and oxygen atoms in total. The summed E-state index contributed by atoms with van der Waals surface area (Å²) >= 11 is 0. The van der Waals surface area contributed by atoms with Gasteiger partial charge in [0, 0.05) is 18.2 Å². The summed E-state index contributed by atoms with van der Waals surface area (Å²) in [5.74, 6) is 0.602. The summed E-state index contributed by atoms with van der Waals surface area (Å²) in [7, 11) is 1.57. The minimum absolute atomic E-state index is 0.0303. The second kappa shape index (κ2) is 9.68. The number of rotatable bonds is 9. The molecule has 0 aliphatic heterocycles. The minimum atomic E-state index is -0.331. The van der Waals surface area contributed by atoms with Crippen LogP contribution in [0.3, 0.4) is 0 Å². The van der Waals surface area contributed by atoms with Gasteiger partial charge in [0.2, 0.25) is 5.91 Å². The summed E-state index contributed by atoms with van der Waals surface area (Å²) in [5, 5.41) is 0. The topological polar surface area (TPSA) is 63.0 Å². The van der Waals surface area contributed by atoms with Gasteiger partial charge in [-0.1, -0.05) is 12.1 Å². The standard InChI is InChI=1S/C25H25FN2O4/c1-31-22-12-6-19(7-13-22)25(30)28(21-10-11-21)17-24(29)27(16-23-3-2-14-32-23)15-18-4-8-20(26)9-5-18/h2-9,12-14,21H,10-11,15-17H2,1H3. The first-order valence-corrected chi connectivity index (χ1v) is 10.5. The van der Waals surface area contributed by atoms with E-state index in [1.54, 1.807) is 71.7 Å². The fourth-order valence-corrected chi connectivity index (χ4v) is 3.53. The average Bonchev–Trinajstić information content (AvgIpc) is 3.53. The van der Waals surface area contributed by atoms with Crippen LogP contribution in [0.5, 0.6) is 5.75 Å². The van der Waals surface area contributed by atoms with Gasteiger partial charge in [-0.05, 0) is 66.9 Å². The van der Waals surface area contributed by atoms with Crippen molar-refractivity contribution in [2.24, 2.45) is 0 Å². The van der Waals surface area contributed by atoms with Crippen molar-refractivity contribution < 1.29 is 23.1 Å². The third kappa shape index (κ3) is 5.35. The number of amides is 2. The lowest BCUT2D eigenvalue weighted by Crippen LogP contribution is -2.43. The van der Waals surface area contributed by atoms with Crippen LogP contribution in [0.2, 0.25) is 0 Å². The Kier molecular flexibility index (Phi) is 6.54. The van der Waals surface area contributed by atoms with Crippen molar-refractivity contribution in [2.45, 2.75) is 32.0 Å². The monoisotopic (exact) mass is 436 g/mol. The predicted molar refractivity (Wildman–Crippen MR) is 116 cm³/mol. The predicted octanol–water partition coefficient (Wildman–Crippen LogP) is 4.26. The number of furan rings is 1. The molecule has 0 N–H and O–H groups in total. The lowest BCUT2D eigenvalue weighted by Gasteiger charge is -2.27. The molecule has 1 aliphatic rings. The zero-order chi connectivity index (χ0) is 22.5. The lowest BCUT2D eigenvalue weighted by atomic mass is 10.1.